The van der Waals surface area contributed by atoms with Gasteiger partial charge in [0.25, 0.3) is 0 Å². The van der Waals surface area contributed by atoms with E-state index in [1.165, 1.54) is 24.3 Å². The molecule has 0 aliphatic heterocycles. The maximum absolute atomic E-state index is 12.4. The average Bonchev–Trinajstić information content (AvgIpc) is 2.84. The van der Waals surface area contributed by atoms with Gasteiger partial charge < -0.3 is 5.73 Å². The monoisotopic (exact) mass is 382 g/mol. The molecule has 0 aromatic heterocycles. The molecule has 9 heteroatoms. The largest absolute Gasteiger partial charge is 0.330 e. The molecule has 1 aromatic rings. The van der Waals surface area contributed by atoms with E-state index in [0.29, 0.717) is 12.1 Å². The maximum Gasteiger partial charge on any atom is 0.240 e. The fourth-order valence-electron chi connectivity index (χ4n) is 2.81. The Morgan fingerprint density at radius 3 is 2.26 bits per heavy atom. The van der Waals surface area contributed by atoms with Crippen LogP contribution < -0.4 is 10.5 Å². The Bertz CT molecular complexity index is 718. The Balaban J connectivity index is 0.00000264. The van der Waals surface area contributed by atoms with E-state index < -0.39 is 19.9 Å². The number of hydrogen-bond donors (Lipinski definition) is 2. The molecule has 0 radical (unpaired) electrons. The molecule has 1 aromatic carbocycles. The van der Waals surface area contributed by atoms with Gasteiger partial charge in [0, 0.05) is 12.3 Å². The fourth-order valence-corrected chi connectivity index (χ4v) is 4.95. The minimum absolute atomic E-state index is 0. The summed E-state index contributed by atoms with van der Waals surface area (Å²) in [7, 11) is -6.74. The second kappa shape index (κ2) is 7.94. The Kier molecular flexibility index (Phi) is 7.03. The number of rotatable bonds is 6. The van der Waals surface area contributed by atoms with E-state index in [9.17, 15) is 16.8 Å². The molecule has 6 nitrogen and oxygen atoms in total. The Morgan fingerprint density at radius 2 is 1.74 bits per heavy atom. The number of sulfone groups is 1. The summed E-state index contributed by atoms with van der Waals surface area (Å²) in [5, 5.41) is 0. The SMILES string of the molecule is CS(=O)(=O)Cc1ccc(S(=O)(=O)NC2CCCC2CN)cc1.Cl. The van der Waals surface area contributed by atoms with Crippen molar-refractivity contribution in [2.45, 2.75) is 36.0 Å². The Labute approximate surface area is 144 Å². The first-order chi connectivity index (χ1) is 10.2. The van der Waals surface area contributed by atoms with Crippen LogP contribution in [0.5, 0.6) is 0 Å². The first kappa shape index (κ1) is 20.4. The maximum atomic E-state index is 12.4. The first-order valence-corrected chi connectivity index (χ1v) is 10.7. The van der Waals surface area contributed by atoms with E-state index in [2.05, 4.69) is 4.72 Å². The van der Waals surface area contributed by atoms with Gasteiger partial charge in [0.05, 0.1) is 10.6 Å². The lowest BCUT2D eigenvalue weighted by molar-refractivity contribution is 0.453. The van der Waals surface area contributed by atoms with Crippen molar-refractivity contribution in [1.29, 1.82) is 0 Å². The normalized spacial score (nSPS) is 21.8. The summed E-state index contributed by atoms with van der Waals surface area (Å²) in [6.45, 7) is 0.473. The van der Waals surface area contributed by atoms with Gasteiger partial charge in [-0.1, -0.05) is 18.6 Å². The predicted octanol–water partition coefficient (Wildman–Crippen LogP) is 1.06. The van der Waals surface area contributed by atoms with Gasteiger partial charge in [0.1, 0.15) is 0 Å². The zero-order valence-electron chi connectivity index (χ0n) is 12.9. The van der Waals surface area contributed by atoms with Crippen LogP contribution in [0, 0.1) is 5.92 Å². The average molecular weight is 383 g/mol. The molecule has 132 valence electrons. The molecular weight excluding hydrogens is 360 g/mol. The molecule has 3 N–H and O–H groups in total. The lowest BCUT2D eigenvalue weighted by Crippen LogP contribution is -2.39. The zero-order chi connectivity index (χ0) is 16.4. The molecule has 2 atom stereocenters. The van der Waals surface area contributed by atoms with Crippen LogP contribution in [0.3, 0.4) is 0 Å². The highest BCUT2D eigenvalue weighted by Gasteiger charge is 2.30. The van der Waals surface area contributed by atoms with Gasteiger partial charge in [-0.25, -0.2) is 21.6 Å². The summed E-state index contributed by atoms with van der Waals surface area (Å²) in [6, 6.07) is 5.82. The molecule has 0 bridgehead atoms. The van der Waals surface area contributed by atoms with Crippen molar-refractivity contribution in [3.05, 3.63) is 29.8 Å². The molecule has 1 aliphatic rings. The molecule has 2 unspecified atom stereocenters. The number of nitrogens with two attached hydrogens (primary N) is 1. The van der Waals surface area contributed by atoms with Gasteiger partial charge in [0.15, 0.2) is 9.84 Å². The smallest absolute Gasteiger partial charge is 0.240 e. The molecule has 1 saturated carbocycles. The van der Waals surface area contributed by atoms with E-state index in [0.717, 1.165) is 25.5 Å². The predicted molar refractivity (Wildman–Crippen MR) is 92.7 cm³/mol. The van der Waals surface area contributed by atoms with Gasteiger partial charge in [-0.15, -0.1) is 12.4 Å². The lowest BCUT2D eigenvalue weighted by Gasteiger charge is -2.19. The topological polar surface area (TPSA) is 106 Å². The molecule has 0 heterocycles. The Morgan fingerprint density at radius 1 is 1.13 bits per heavy atom. The zero-order valence-corrected chi connectivity index (χ0v) is 15.4. The fraction of sp³-hybridized carbons (Fsp3) is 0.571. The van der Waals surface area contributed by atoms with Crippen molar-refractivity contribution in [3.63, 3.8) is 0 Å². The lowest BCUT2D eigenvalue weighted by atomic mass is 10.1. The number of hydrogen-bond acceptors (Lipinski definition) is 5. The van der Waals surface area contributed by atoms with Crippen LogP contribution in [-0.4, -0.2) is 35.7 Å². The highest BCUT2D eigenvalue weighted by molar-refractivity contribution is 7.90. The van der Waals surface area contributed by atoms with E-state index in [4.69, 9.17) is 5.73 Å². The molecule has 1 aliphatic carbocycles. The summed E-state index contributed by atoms with van der Waals surface area (Å²) in [6.07, 6.45) is 3.86. The van der Waals surface area contributed by atoms with Gasteiger partial charge in [0.2, 0.25) is 10.0 Å². The van der Waals surface area contributed by atoms with Crippen molar-refractivity contribution < 1.29 is 16.8 Å². The van der Waals surface area contributed by atoms with Crippen molar-refractivity contribution in [2.75, 3.05) is 12.8 Å². The van der Waals surface area contributed by atoms with E-state index >= 15 is 0 Å². The molecule has 0 amide bonds. The summed E-state index contributed by atoms with van der Waals surface area (Å²) in [4.78, 5) is 0.146. The van der Waals surface area contributed by atoms with E-state index in [1.54, 1.807) is 0 Å². The molecule has 2 rings (SSSR count). The van der Waals surface area contributed by atoms with Crippen LogP contribution in [0.1, 0.15) is 24.8 Å². The van der Waals surface area contributed by atoms with Crippen molar-refractivity contribution in [1.82, 2.24) is 4.72 Å². The van der Waals surface area contributed by atoms with Crippen LogP contribution in [0.25, 0.3) is 0 Å². The summed E-state index contributed by atoms with van der Waals surface area (Å²) in [5.41, 5.74) is 6.24. The minimum atomic E-state index is -3.60. The number of halogens is 1. The highest BCUT2D eigenvalue weighted by Crippen LogP contribution is 2.26. The van der Waals surface area contributed by atoms with Crippen molar-refractivity contribution in [3.8, 4) is 0 Å². The third-order valence-corrected chi connectivity index (χ3v) is 6.29. The van der Waals surface area contributed by atoms with E-state index in [1.807, 2.05) is 0 Å². The molecule has 1 fully saturated rings. The second-order valence-electron chi connectivity index (χ2n) is 5.87. The van der Waals surface area contributed by atoms with Gasteiger partial charge in [-0.05, 0) is 43.0 Å². The van der Waals surface area contributed by atoms with Crippen LogP contribution in [-0.2, 0) is 25.6 Å². The Hall–Kier alpha value is -0.670. The first-order valence-electron chi connectivity index (χ1n) is 7.20. The minimum Gasteiger partial charge on any atom is -0.330 e. The highest BCUT2D eigenvalue weighted by atomic mass is 35.5. The van der Waals surface area contributed by atoms with E-state index in [-0.39, 0.29) is 35.0 Å². The van der Waals surface area contributed by atoms with Gasteiger partial charge in [-0.3, -0.25) is 0 Å². The summed E-state index contributed by atoms with van der Waals surface area (Å²) >= 11 is 0. The number of nitrogens with one attached hydrogen (secondary N) is 1. The summed E-state index contributed by atoms with van der Waals surface area (Å²) in [5.74, 6) is 0.0813. The summed E-state index contributed by atoms with van der Waals surface area (Å²) < 4.78 is 49.9. The second-order valence-corrected chi connectivity index (χ2v) is 9.72. The van der Waals surface area contributed by atoms with Crippen LogP contribution in [0.2, 0.25) is 0 Å². The van der Waals surface area contributed by atoms with Crippen LogP contribution >= 0.6 is 12.4 Å². The third-order valence-electron chi connectivity index (χ3n) is 3.93. The number of benzene rings is 1. The molecule has 23 heavy (non-hydrogen) atoms. The van der Waals surface area contributed by atoms with Crippen LogP contribution in [0.15, 0.2) is 29.2 Å². The van der Waals surface area contributed by atoms with Crippen molar-refractivity contribution in [2.24, 2.45) is 11.7 Å². The van der Waals surface area contributed by atoms with Gasteiger partial charge in [-0.2, -0.15) is 0 Å². The standard InChI is InChI=1S/C14H22N2O4S2.ClH/c1-21(17,18)10-11-5-7-13(8-6-11)22(19,20)16-14-4-2-3-12(14)9-15;/h5-8,12,14,16H,2-4,9-10,15H2,1H3;1H. The van der Waals surface area contributed by atoms with Crippen molar-refractivity contribution >= 4 is 32.3 Å². The number of sulfonamides is 1. The quantitative estimate of drug-likeness (QED) is 0.765. The molecular formula is C14H23ClN2O4S2. The molecule has 0 spiro atoms. The van der Waals surface area contributed by atoms with Crippen LogP contribution in [0.4, 0.5) is 0 Å². The third kappa shape index (κ3) is 5.72. The van der Waals surface area contributed by atoms with Gasteiger partial charge >= 0.3 is 0 Å². The molecule has 0 saturated heterocycles.